The molecule has 1 aliphatic heterocycles. The van der Waals surface area contributed by atoms with Gasteiger partial charge in [-0.05, 0) is 32.7 Å². The van der Waals surface area contributed by atoms with Gasteiger partial charge in [0, 0.05) is 18.1 Å². The summed E-state index contributed by atoms with van der Waals surface area (Å²) in [6.45, 7) is 6.17. The number of aliphatic hydroxyl groups excluding tert-OH is 1. The Morgan fingerprint density at radius 1 is 1.62 bits per heavy atom. The van der Waals surface area contributed by atoms with Crippen LogP contribution in [0, 0.1) is 0 Å². The van der Waals surface area contributed by atoms with E-state index in [-0.39, 0.29) is 6.61 Å². The molecule has 1 aliphatic rings. The highest BCUT2D eigenvalue weighted by atomic mass is 16.3. The zero-order valence-electron chi connectivity index (χ0n) is 8.79. The van der Waals surface area contributed by atoms with Crippen LogP contribution in [0.4, 0.5) is 0 Å². The van der Waals surface area contributed by atoms with E-state index in [0.717, 1.165) is 13.1 Å². The fourth-order valence-electron chi connectivity index (χ4n) is 2.08. The van der Waals surface area contributed by atoms with E-state index in [0.29, 0.717) is 6.04 Å². The molecule has 3 nitrogen and oxygen atoms in total. The number of hydrogen-bond donors (Lipinski definition) is 2. The van der Waals surface area contributed by atoms with Crippen LogP contribution in [0.15, 0.2) is 0 Å². The molecule has 1 heterocycles. The summed E-state index contributed by atoms with van der Waals surface area (Å²) in [5, 5.41) is 9.06. The molecule has 0 bridgehead atoms. The summed E-state index contributed by atoms with van der Waals surface area (Å²) in [6.07, 6.45) is 3.76. The molecule has 0 amide bonds. The Morgan fingerprint density at radius 3 is 2.85 bits per heavy atom. The average Bonchev–Trinajstić information content (AvgIpc) is 2.51. The summed E-state index contributed by atoms with van der Waals surface area (Å²) in [7, 11) is 0. The van der Waals surface area contributed by atoms with Gasteiger partial charge in [0.2, 0.25) is 0 Å². The van der Waals surface area contributed by atoms with Crippen molar-refractivity contribution in [1.29, 1.82) is 0 Å². The molecule has 13 heavy (non-hydrogen) atoms. The van der Waals surface area contributed by atoms with Gasteiger partial charge in [-0.1, -0.05) is 6.92 Å². The van der Waals surface area contributed by atoms with Gasteiger partial charge >= 0.3 is 0 Å². The molecule has 0 aliphatic carbocycles. The monoisotopic (exact) mass is 186 g/mol. The summed E-state index contributed by atoms with van der Waals surface area (Å²) < 4.78 is 0. The maximum atomic E-state index is 9.06. The van der Waals surface area contributed by atoms with E-state index in [4.69, 9.17) is 10.8 Å². The first-order valence-corrected chi connectivity index (χ1v) is 5.23. The minimum Gasteiger partial charge on any atom is -0.394 e. The Bertz CT molecular complexity index is 159. The minimum absolute atomic E-state index is 0.0694. The van der Waals surface area contributed by atoms with E-state index in [1.54, 1.807) is 0 Å². The summed E-state index contributed by atoms with van der Waals surface area (Å²) in [4.78, 5) is 2.41. The number of aliphatic hydroxyl groups is 1. The second kappa shape index (κ2) is 4.40. The molecule has 1 fully saturated rings. The van der Waals surface area contributed by atoms with E-state index in [1.807, 2.05) is 6.92 Å². The number of hydrogen-bond acceptors (Lipinski definition) is 3. The van der Waals surface area contributed by atoms with Gasteiger partial charge in [-0.2, -0.15) is 0 Å². The standard InChI is InChI=1S/C10H22N2O/c1-3-9-5-4-6-12(9)7-10(2,11)8-13/h9,13H,3-8,11H2,1-2H3. The Labute approximate surface area is 80.9 Å². The quantitative estimate of drug-likeness (QED) is 0.675. The van der Waals surface area contributed by atoms with Gasteiger partial charge in [-0.15, -0.1) is 0 Å². The van der Waals surface area contributed by atoms with Crippen molar-refractivity contribution in [1.82, 2.24) is 4.90 Å². The number of rotatable bonds is 4. The van der Waals surface area contributed by atoms with Crippen LogP contribution in [-0.2, 0) is 0 Å². The molecule has 3 heteroatoms. The van der Waals surface area contributed by atoms with Gasteiger partial charge in [0.25, 0.3) is 0 Å². The van der Waals surface area contributed by atoms with Crippen molar-refractivity contribution in [2.24, 2.45) is 5.73 Å². The number of likely N-dealkylation sites (tertiary alicyclic amines) is 1. The van der Waals surface area contributed by atoms with Crippen molar-refractivity contribution in [2.75, 3.05) is 19.7 Å². The Hall–Kier alpha value is -0.120. The minimum atomic E-state index is -0.433. The highest BCUT2D eigenvalue weighted by Crippen LogP contribution is 2.21. The predicted octanol–water partition coefficient (Wildman–Crippen LogP) is 0.571. The van der Waals surface area contributed by atoms with Gasteiger partial charge < -0.3 is 10.8 Å². The van der Waals surface area contributed by atoms with Crippen LogP contribution in [0.5, 0.6) is 0 Å². The molecule has 2 unspecified atom stereocenters. The van der Waals surface area contributed by atoms with Gasteiger partial charge in [0.15, 0.2) is 0 Å². The van der Waals surface area contributed by atoms with Gasteiger partial charge in [-0.3, -0.25) is 4.90 Å². The van der Waals surface area contributed by atoms with E-state index in [1.165, 1.54) is 19.3 Å². The molecule has 1 saturated heterocycles. The van der Waals surface area contributed by atoms with Crippen LogP contribution in [0.25, 0.3) is 0 Å². The zero-order valence-corrected chi connectivity index (χ0v) is 8.79. The predicted molar refractivity (Wildman–Crippen MR) is 54.6 cm³/mol. The van der Waals surface area contributed by atoms with Crippen LogP contribution in [0.1, 0.15) is 33.1 Å². The highest BCUT2D eigenvalue weighted by Gasteiger charge is 2.28. The molecule has 0 aromatic heterocycles. The first kappa shape index (κ1) is 11.0. The largest absolute Gasteiger partial charge is 0.394 e. The fourth-order valence-corrected chi connectivity index (χ4v) is 2.08. The van der Waals surface area contributed by atoms with Crippen LogP contribution >= 0.6 is 0 Å². The third kappa shape index (κ3) is 2.93. The second-order valence-electron chi connectivity index (χ2n) is 4.49. The van der Waals surface area contributed by atoms with E-state index in [2.05, 4.69) is 11.8 Å². The van der Waals surface area contributed by atoms with E-state index in [9.17, 15) is 0 Å². The van der Waals surface area contributed by atoms with Crippen molar-refractivity contribution >= 4 is 0 Å². The maximum Gasteiger partial charge on any atom is 0.0621 e. The third-order valence-electron chi connectivity index (χ3n) is 2.90. The lowest BCUT2D eigenvalue weighted by molar-refractivity contribution is 0.138. The van der Waals surface area contributed by atoms with Crippen LogP contribution in [-0.4, -0.2) is 41.3 Å². The number of nitrogens with two attached hydrogens (primary N) is 1. The third-order valence-corrected chi connectivity index (χ3v) is 2.90. The maximum absolute atomic E-state index is 9.06. The van der Waals surface area contributed by atoms with Gasteiger partial charge in [-0.25, -0.2) is 0 Å². The molecule has 0 radical (unpaired) electrons. The normalized spacial score (nSPS) is 29.1. The molecule has 0 saturated carbocycles. The summed E-state index contributed by atoms with van der Waals surface area (Å²) >= 11 is 0. The molecule has 1 rings (SSSR count). The van der Waals surface area contributed by atoms with Gasteiger partial charge in [0.1, 0.15) is 0 Å². The number of nitrogens with zero attached hydrogens (tertiary/aromatic N) is 1. The smallest absolute Gasteiger partial charge is 0.0621 e. The Kier molecular flexibility index (Phi) is 3.71. The SMILES string of the molecule is CCC1CCCN1CC(C)(N)CO. The van der Waals surface area contributed by atoms with Crippen molar-refractivity contribution in [3.05, 3.63) is 0 Å². The summed E-state index contributed by atoms with van der Waals surface area (Å²) in [6, 6.07) is 0.689. The Balaban J connectivity index is 2.43. The van der Waals surface area contributed by atoms with Gasteiger partial charge in [0.05, 0.1) is 6.61 Å². The first-order valence-electron chi connectivity index (χ1n) is 5.23. The molecule has 0 aromatic rings. The van der Waals surface area contributed by atoms with E-state index < -0.39 is 5.54 Å². The van der Waals surface area contributed by atoms with E-state index >= 15 is 0 Å². The topological polar surface area (TPSA) is 49.5 Å². The molecule has 0 aromatic carbocycles. The molecule has 0 spiro atoms. The molecular formula is C10H22N2O. The molecule has 78 valence electrons. The zero-order chi connectivity index (χ0) is 9.90. The summed E-state index contributed by atoms with van der Waals surface area (Å²) in [5.41, 5.74) is 5.49. The average molecular weight is 186 g/mol. The first-order chi connectivity index (χ1) is 6.09. The van der Waals surface area contributed by atoms with Crippen molar-refractivity contribution in [3.8, 4) is 0 Å². The highest BCUT2D eigenvalue weighted by molar-refractivity contribution is 4.87. The van der Waals surface area contributed by atoms with Crippen LogP contribution in [0.3, 0.4) is 0 Å². The second-order valence-corrected chi connectivity index (χ2v) is 4.49. The van der Waals surface area contributed by atoms with Crippen LogP contribution in [0.2, 0.25) is 0 Å². The molecular weight excluding hydrogens is 164 g/mol. The lowest BCUT2D eigenvalue weighted by atomic mass is 10.0. The Morgan fingerprint density at radius 2 is 2.31 bits per heavy atom. The lowest BCUT2D eigenvalue weighted by Gasteiger charge is -2.31. The lowest BCUT2D eigenvalue weighted by Crippen LogP contribution is -2.51. The van der Waals surface area contributed by atoms with Crippen molar-refractivity contribution < 1.29 is 5.11 Å². The fraction of sp³-hybridized carbons (Fsp3) is 1.00. The van der Waals surface area contributed by atoms with Crippen molar-refractivity contribution in [2.45, 2.75) is 44.7 Å². The molecule has 2 atom stereocenters. The summed E-state index contributed by atoms with van der Waals surface area (Å²) in [5.74, 6) is 0. The van der Waals surface area contributed by atoms with Crippen molar-refractivity contribution in [3.63, 3.8) is 0 Å². The molecule has 3 N–H and O–H groups in total. The van der Waals surface area contributed by atoms with Crippen LogP contribution < -0.4 is 5.73 Å².